The van der Waals surface area contributed by atoms with Crippen LogP contribution in [0.3, 0.4) is 0 Å². The van der Waals surface area contributed by atoms with Gasteiger partial charge in [0.15, 0.2) is 0 Å². The lowest BCUT2D eigenvalue weighted by atomic mass is 10.1. The maximum absolute atomic E-state index is 8.96. The second kappa shape index (κ2) is 6.16. The molecule has 4 nitrogen and oxygen atoms in total. The Morgan fingerprint density at radius 2 is 2.39 bits per heavy atom. The van der Waals surface area contributed by atoms with Crippen LogP contribution in [-0.2, 0) is 0 Å². The number of hydrogen-bond donors (Lipinski definition) is 2. The Morgan fingerprint density at radius 1 is 1.56 bits per heavy atom. The van der Waals surface area contributed by atoms with Crippen LogP contribution < -0.4 is 10.6 Å². The molecule has 2 atom stereocenters. The van der Waals surface area contributed by atoms with Gasteiger partial charge in [-0.3, -0.25) is 4.98 Å². The van der Waals surface area contributed by atoms with E-state index in [0.717, 1.165) is 38.0 Å². The number of hydrogen-bond acceptors (Lipinski definition) is 4. The van der Waals surface area contributed by atoms with Gasteiger partial charge in [0.05, 0.1) is 17.6 Å². The summed E-state index contributed by atoms with van der Waals surface area (Å²) in [6.07, 6.45) is 4.90. The molecule has 1 aliphatic rings. The Bertz CT molecular complexity index is 366. The van der Waals surface area contributed by atoms with E-state index < -0.39 is 0 Å². The molecular weight excluding hydrogens is 226 g/mol. The zero-order valence-corrected chi connectivity index (χ0v) is 11.0. The van der Waals surface area contributed by atoms with Crippen LogP contribution in [0.1, 0.15) is 37.9 Å². The molecule has 18 heavy (non-hydrogen) atoms. The Labute approximate surface area is 109 Å². The van der Waals surface area contributed by atoms with Gasteiger partial charge in [-0.2, -0.15) is 0 Å². The fourth-order valence-electron chi connectivity index (χ4n) is 2.50. The molecule has 1 unspecified atom stereocenters. The molecule has 0 amide bonds. The summed E-state index contributed by atoms with van der Waals surface area (Å²) in [6.45, 7) is 4.45. The van der Waals surface area contributed by atoms with Gasteiger partial charge in [-0.25, -0.2) is 0 Å². The second-order valence-corrected chi connectivity index (χ2v) is 5.07. The van der Waals surface area contributed by atoms with Gasteiger partial charge >= 0.3 is 0 Å². The van der Waals surface area contributed by atoms with Gasteiger partial charge in [0.1, 0.15) is 0 Å². The number of pyridine rings is 1. The van der Waals surface area contributed by atoms with Crippen molar-refractivity contribution in [1.82, 2.24) is 4.98 Å². The molecule has 1 fully saturated rings. The van der Waals surface area contributed by atoms with Crippen molar-refractivity contribution in [2.45, 2.75) is 32.2 Å². The lowest BCUT2D eigenvalue weighted by molar-refractivity contribution is 0.263. The van der Waals surface area contributed by atoms with E-state index in [0.29, 0.717) is 12.5 Å². The Kier molecular flexibility index (Phi) is 4.55. The SMILES string of the molecule is CC[C@@H](N)c1ccc(N2CCC(CCO)C2)cn1. The third-order valence-electron chi connectivity index (χ3n) is 3.78. The van der Waals surface area contributed by atoms with Crippen molar-refractivity contribution in [1.29, 1.82) is 0 Å². The van der Waals surface area contributed by atoms with Gasteiger partial charge < -0.3 is 15.7 Å². The molecule has 1 saturated heterocycles. The summed E-state index contributed by atoms with van der Waals surface area (Å²) in [4.78, 5) is 6.79. The molecule has 4 heteroatoms. The highest BCUT2D eigenvalue weighted by Gasteiger charge is 2.22. The molecule has 100 valence electrons. The number of aliphatic hydroxyl groups excluding tert-OH is 1. The smallest absolute Gasteiger partial charge is 0.0572 e. The topological polar surface area (TPSA) is 62.4 Å². The van der Waals surface area contributed by atoms with Gasteiger partial charge in [-0.15, -0.1) is 0 Å². The lowest BCUT2D eigenvalue weighted by Gasteiger charge is -2.19. The summed E-state index contributed by atoms with van der Waals surface area (Å²) >= 11 is 0. The van der Waals surface area contributed by atoms with Crippen molar-refractivity contribution in [2.24, 2.45) is 11.7 Å². The second-order valence-electron chi connectivity index (χ2n) is 5.07. The van der Waals surface area contributed by atoms with Crippen LogP contribution in [0.15, 0.2) is 18.3 Å². The van der Waals surface area contributed by atoms with Crippen LogP contribution in [0.4, 0.5) is 5.69 Å². The molecule has 0 saturated carbocycles. The minimum atomic E-state index is 0.0414. The largest absolute Gasteiger partial charge is 0.396 e. The zero-order chi connectivity index (χ0) is 13.0. The monoisotopic (exact) mass is 249 g/mol. The van der Waals surface area contributed by atoms with E-state index >= 15 is 0 Å². The molecule has 3 N–H and O–H groups in total. The normalized spacial score (nSPS) is 21.3. The van der Waals surface area contributed by atoms with Gasteiger partial charge in [0.2, 0.25) is 0 Å². The van der Waals surface area contributed by atoms with E-state index in [2.05, 4.69) is 22.9 Å². The molecule has 2 heterocycles. The van der Waals surface area contributed by atoms with Gasteiger partial charge in [-0.05, 0) is 37.3 Å². The zero-order valence-electron chi connectivity index (χ0n) is 11.0. The first kappa shape index (κ1) is 13.3. The van der Waals surface area contributed by atoms with Crippen molar-refractivity contribution < 1.29 is 5.11 Å². The summed E-state index contributed by atoms with van der Waals surface area (Å²) in [6, 6.07) is 4.18. The van der Waals surface area contributed by atoms with E-state index in [1.165, 1.54) is 5.69 Å². The summed E-state index contributed by atoms with van der Waals surface area (Å²) in [7, 11) is 0. The van der Waals surface area contributed by atoms with Crippen molar-refractivity contribution in [2.75, 3.05) is 24.6 Å². The van der Waals surface area contributed by atoms with E-state index in [-0.39, 0.29) is 6.04 Å². The first-order chi connectivity index (χ1) is 8.74. The Balaban J connectivity index is 1.98. The number of nitrogens with two attached hydrogens (primary N) is 1. The molecule has 0 aliphatic carbocycles. The minimum absolute atomic E-state index is 0.0414. The van der Waals surface area contributed by atoms with Gasteiger partial charge in [0, 0.05) is 25.7 Å². The fourth-order valence-corrected chi connectivity index (χ4v) is 2.50. The average molecular weight is 249 g/mol. The van der Waals surface area contributed by atoms with Crippen LogP contribution >= 0.6 is 0 Å². The van der Waals surface area contributed by atoms with E-state index in [4.69, 9.17) is 10.8 Å². The van der Waals surface area contributed by atoms with Gasteiger partial charge in [-0.1, -0.05) is 6.92 Å². The number of rotatable bonds is 5. The third-order valence-corrected chi connectivity index (χ3v) is 3.78. The van der Waals surface area contributed by atoms with Crippen molar-refractivity contribution in [3.63, 3.8) is 0 Å². The van der Waals surface area contributed by atoms with Crippen LogP contribution in [0.5, 0.6) is 0 Å². The van der Waals surface area contributed by atoms with E-state index in [9.17, 15) is 0 Å². The maximum atomic E-state index is 8.96. The molecule has 0 radical (unpaired) electrons. The number of anilines is 1. The van der Waals surface area contributed by atoms with Gasteiger partial charge in [0.25, 0.3) is 0 Å². The lowest BCUT2D eigenvalue weighted by Crippen LogP contribution is -2.20. The van der Waals surface area contributed by atoms with Crippen LogP contribution in [0.2, 0.25) is 0 Å². The Morgan fingerprint density at radius 3 is 3.00 bits per heavy atom. The predicted octanol–water partition coefficient (Wildman–Crippen LogP) is 1.70. The Hall–Kier alpha value is -1.13. The summed E-state index contributed by atoms with van der Waals surface area (Å²) in [5.74, 6) is 0.618. The number of aromatic nitrogens is 1. The molecule has 0 aromatic carbocycles. The highest BCUT2D eigenvalue weighted by Crippen LogP contribution is 2.25. The molecule has 1 aromatic heterocycles. The third kappa shape index (κ3) is 3.00. The highest BCUT2D eigenvalue weighted by atomic mass is 16.3. The summed E-state index contributed by atoms with van der Waals surface area (Å²) in [5, 5.41) is 8.96. The molecule has 0 bridgehead atoms. The van der Waals surface area contributed by atoms with Crippen molar-refractivity contribution >= 4 is 5.69 Å². The standard InChI is InChI=1S/C14H23N3O/c1-2-13(15)14-4-3-12(9-16-14)17-7-5-11(10-17)6-8-18/h3-4,9,11,13,18H,2,5-8,10,15H2,1H3/t11?,13-/m1/s1. The molecular formula is C14H23N3O. The van der Waals surface area contributed by atoms with Crippen molar-refractivity contribution in [3.05, 3.63) is 24.0 Å². The minimum Gasteiger partial charge on any atom is -0.396 e. The molecule has 0 spiro atoms. The molecule has 2 rings (SSSR count). The quantitative estimate of drug-likeness (QED) is 0.833. The van der Waals surface area contributed by atoms with E-state index in [1.54, 1.807) is 0 Å². The van der Waals surface area contributed by atoms with Crippen LogP contribution in [0.25, 0.3) is 0 Å². The molecule has 1 aromatic rings. The van der Waals surface area contributed by atoms with Crippen LogP contribution in [-0.4, -0.2) is 29.8 Å². The fraction of sp³-hybridized carbons (Fsp3) is 0.643. The molecule has 1 aliphatic heterocycles. The summed E-state index contributed by atoms with van der Waals surface area (Å²) < 4.78 is 0. The predicted molar refractivity (Wildman–Crippen MR) is 73.5 cm³/mol. The highest BCUT2D eigenvalue weighted by molar-refractivity contribution is 5.45. The first-order valence-electron chi connectivity index (χ1n) is 6.82. The average Bonchev–Trinajstić information content (AvgIpc) is 2.87. The maximum Gasteiger partial charge on any atom is 0.0572 e. The first-order valence-corrected chi connectivity index (χ1v) is 6.82. The number of aliphatic hydroxyl groups is 1. The van der Waals surface area contributed by atoms with Crippen LogP contribution in [0, 0.1) is 5.92 Å². The number of nitrogens with zero attached hydrogens (tertiary/aromatic N) is 2. The van der Waals surface area contributed by atoms with Crippen molar-refractivity contribution in [3.8, 4) is 0 Å². The van der Waals surface area contributed by atoms with E-state index in [1.807, 2.05) is 12.3 Å². The summed E-state index contributed by atoms with van der Waals surface area (Å²) in [5.41, 5.74) is 8.09.